The summed E-state index contributed by atoms with van der Waals surface area (Å²) < 4.78 is 27.5. The Bertz CT molecular complexity index is 702. The normalized spacial score (nSPS) is 26.3. The number of likely N-dealkylation sites (tertiary alicyclic amines) is 1. The molecule has 0 aliphatic carbocycles. The molecule has 0 N–H and O–H groups in total. The molecule has 0 bridgehead atoms. The first-order valence-electron chi connectivity index (χ1n) is 8.69. The number of carbonyl (C=O) groups is 1. The molecule has 0 saturated carbocycles. The van der Waals surface area contributed by atoms with Crippen LogP contribution in [0.15, 0.2) is 35.2 Å². The van der Waals surface area contributed by atoms with Crippen molar-refractivity contribution < 1.29 is 13.2 Å². The van der Waals surface area contributed by atoms with Crippen molar-refractivity contribution in [2.45, 2.75) is 50.5 Å². The van der Waals surface area contributed by atoms with Crippen LogP contribution < -0.4 is 0 Å². The summed E-state index contributed by atoms with van der Waals surface area (Å²) in [6, 6.07) is 8.81. The van der Waals surface area contributed by atoms with Crippen molar-refractivity contribution in [2.75, 3.05) is 19.6 Å². The van der Waals surface area contributed by atoms with Gasteiger partial charge in [0.1, 0.15) is 0 Å². The van der Waals surface area contributed by atoms with Crippen molar-refractivity contribution >= 4 is 15.9 Å². The van der Waals surface area contributed by atoms with Crippen LogP contribution in [0, 0.1) is 5.41 Å². The van der Waals surface area contributed by atoms with E-state index in [0.717, 1.165) is 19.3 Å². The molecule has 1 spiro atoms. The highest BCUT2D eigenvalue weighted by Gasteiger charge is 2.44. The van der Waals surface area contributed by atoms with E-state index in [1.807, 2.05) is 24.8 Å². The van der Waals surface area contributed by atoms with Crippen LogP contribution in [0.3, 0.4) is 0 Å². The molecule has 1 atom stereocenters. The fourth-order valence-electron chi connectivity index (χ4n) is 3.96. The number of amides is 1. The van der Waals surface area contributed by atoms with Gasteiger partial charge in [-0.2, -0.15) is 4.31 Å². The molecule has 1 unspecified atom stereocenters. The van der Waals surface area contributed by atoms with Crippen molar-refractivity contribution in [2.24, 2.45) is 5.41 Å². The fourth-order valence-corrected chi connectivity index (χ4v) is 5.57. The van der Waals surface area contributed by atoms with E-state index >= 15 is 0 Å². The smallest absolute Gasteiger partial charge is 0.243 e. The summed E-state index contributed by atoms with van der Waals surface area (Å²) in [6.07, 6.45) is 3.16. The average Bonchev–Trinajstić information content (AvgIpc) is 2.58. The van der Waals surface area contributed by atoms with Gasteiger partial charge in [0.2, 0.25) is 15.9 Å². The number of carbonyl (C=O) groups excluding carboxylic acids is 1. The lowest BCUT2D eigenvalue weighted by atomic mass is 9.74. The molecule has 0 aromatic heterocycles. The molecule has 2 saturated heterocycles. The van der Waals surface area contributed by atoms with E-state index in [4.69, 9.17) is 0 Å². The zero-order valence-corrected chi connectivity index (χ0v) is 15.3. The van der Waals surface area contributed by atoms with Crippen LogP contribution in [0.25, 0.3) is 0 Å². The van der Waals surface area contributed by atoms with Crippen LogP contribution in [-0.2, 0) is 14.8 Å². The van der Waals surface area contributed by atoms with Gasteiger partial charge in [0, 0.05) is 37.5 Å². The Morgan fingerprint density at radius 3 is 2.46 bits per heavy atom. The number of hydrogen-bond donors (Lipinski definition) is 0. The van der Waals surface area contributed by atoms with Crippen LogP contribution in [-0.4, -0.2) is 49.2 Å². The van der Waals surface area contributed by atoms with E-state index in [2.05, 4.69) is 0 Å². The maximum Gasteiger partial charge on any atom is 0.243 e. The summed E-state index contributed by atoms with van der Waals surface area (Å²) in [5.41, 5.74) is -0.0989. The number of sulfonamides is 1. The molecule has 1 aromatic carbocycles. The third-order valence-electron chi connectivity index (χ3n) is 5.33. The molecule has 24 heavy (non-hydrogen) atoms. The summed E-state index contributed by atoms with van der Waals surface area (Å²) in [6.45, 7) is 5.80. The Hall–Kier alpha value is -1.40. The molecule has 2 fully saturated rings. The molecule has 2 aliphatic heterocycles. The second-order valence-corrected chi connectivity index (χ2v) is 9.31. The third kappa shape index (κ3) is 3.22. The van der Waals surface area contributed by atoms with E-state index in [-0.39, 0.29) is 17.4 Å². The SMILES string of the molecule is CC(C)N1CC2(CCCN(S(=O)(=O)c3ccccc3)C2)CCC1=O. The predicted octanol–water partition coefficient (Wildman–Crippen LogP) is 2.49. The first kappa shape index (κ1) is 17.4. The quantitative estimate of drug-likeness (QED) is 0.841. The highest BCUT2D eigenvalue weighted by atomic mass is 32.2. The van der Waals surface area contributed by atoms with E-state index in [1.54, 1.807) is 28.6 Å². The van der Waals surface area contributed by atoms with Gasteiger partial charge < -0.3 is 4.90 Å². The zero-order valence-electron chi connectivity index (χ0n) is 14.4. The Balaban J connectivity index is 1.83. The third-order valence-corrected chi connectivity index (χ3v) is 7.19. The predicted molar refractivity (Wildman–Crippen MR) is 93.0 cm³/mol. The van der Waals surface area contributed by atoms with Gasteiger partial charge in [-0.3, -0.25) is 4.79 Å². The number of piperidine rings is 2. The lowest BCUT2D eigenvalue weighted by Crippen LogP contribution is -2.56. The molecule has 6 heteroatoms. The summed E-state index contributed by atoms with van der Waals surface area (Å²) in [5, 5.41) is 0. The van der Waals surface area contributed by atoms with Crippen molar-refractivity contribution in [1.29, 1.82) is 0 Å². The second kappa shape index (κ2) is 6.48. The van der Waals surface area contributed by atoms with Crippen molar-refractivity contribution in [3.05, 3.63) is 30.3 Å². The summed E-state index contributed by atoms with van der Waals surface area (Å²) in [4.78, 5) is 14.4. The number of rotatable bonds is 3. The maximum absolute atomic E-state index is 12.9. The molecule has 2 heterocycles. The van der Waals surface area contributed by atoms with E-state index < -0.39 is 10.0 Å². The van der Waals surface area contributed by atoms with Crippen molar-refractivity contribution in [3.63, 3.8) is 0 Å². The molecular weight excluding hydrogens is 324 g/mol. The van der Waals surface area contributed by atoms with Gasteiger partial charge in [-0.25, -0.2) is 8.42 Å². The van der Waals surface area contributed by atoms with Crippen LogP contribution >= 0.6 is 0 Å². The Morgan fingerprint density at radius 2 is 1.79 bits per heavy atom. The van der Waals surface area contributed by atoms with Gasteiger partial charge >= 0.3 is 0 Å². The van der Waals surface area contributed by atoms with Crippen LogP contribution in [0.1, 0.15) is 39.5 Å². The minimum Gasteiger partial charge on any atom is -0.340 e. The topological polar surface area (TPSA) is 57.7 Å². The largest absolute Gasteiger partial charge is 0.340 e. The monoisotopic (exact) mass is 350 g/mol. The highest BCUT2D eigenvalue weighted by Crippen LogP contribution is 2.40. The van der Waals surface area contributed by atoms with Gasteiger partial charge in [0.25, 0.3) is 0 Å². The van der Waals surface area contributed by atoms with Gasteiger partial charge in [0.05, 0.1) is 4.90 Å². The van der Waals surface area contributed by atoms with Crippen molar-refractivity contribution in [3.8, 4) is 0 Å². The number of nitrogens with zero attached hydrogens (tertiary/aromatic N) is 2. The standard InChI is InChI=1S/C18H26N2O3S/c1-15(2)20-14-18(11-9-17(20)21)10-6-12-19(13-18)24(22,23)16-7-4-3-5-8-16/h3-5,7-8,15H,6,9-14H2,1-2H3. The molecular formula is C18H26N2O3S. The number of hydrogen-bond acceptors (Lipinski definition) is 3. The van der Waals surface area contributed by atoms with E-state index in [1.165, 1.54) is 0 Å². The molecule has 3 rings (SSSR count). The van der Waals surface area contributed by atoms with Gasteiger partial charge in [0.15, 0.2) is 0 Å². The first-order chi connectivity index (χ1) is 11.3. The number of benzene rings is 1. The molecule has 1 aromatic rings. The summed E-state index contributed by atoms with van der Waals surface area (Å²) in [7, 11) is -3.46. The zero-order chi connectivity index (χ0) is 17.4. The van der Waals surface area contributed by atoms with Crippen LogP contribution in [0.5, 0.6) is 0 Å². The lowest BCUT2D eigenvalue weighted by molar-refractivity contribution is -0.140. The second-order valence-electron chi connectivity index (χ2n) is 7.37. The maximum atomic E-state index is 12.9. The Kier molecular flexibility index (Phi) is 4.71. The summed E-state index contributed by atoms with van der Waals surface area (Å²) >= 11 is 0. The molecule has 5 nitrogen and oxygen atoms in total. The molecule has 1 amide bonds. The Labute approximate surface area is 144 Å². The molecule has 0 radical (unpaired) electrons. The Morgan fingerprint density at radius 1 is 1.08 bits per heavy atom. The minimum atomic E-state index is -3.46. The average molecular weight is 350 g/mol. The van der Waals surface area contributed by atoms with Crippen molar-refractivity contribution in [1.82, 2.24) is 9.21 Å². The molecule has 2 aliphatic rings. The first-order valence-corrected chi connectivity index (χ1v) is 10.1. The minimum absolute atomic E-state index is 0.0989. The van der Waals surface area contributed by atoms with E-state index in [0.29, 0.717) is 31.0 Å². The summed E-state index contributed by atoms with van der Waals surface area (Å²) in [5.74, 6) is 0.193. The van der Waals surface area contributed by atoms with E-state index in [9.17, 15) is 13.2 Å². The highest BCUT2D eigenvalue weighted by molar-refractivity contribution is 7.89. The van der Waals surface area contributed by atoms with Gasteiger partial charge in [-0.1, -0.05) is 18.2 Å². The van der Waals surface area contributed by atoms with Crippen LogP contribution in [0.4, 0.5) is 0 Å². The van der Waals surface area contributed by atoms with Crippen LogP contribution in [0.2, 0.25) is 0 Å². The van der Waals surface area contributed by atoms with Gasteiger partial charge in [-0.05, 0) is 45.2 Å². The van der Waals surface area contributed by atoms with Gasteiger partial charge in [-0.15, -0.1) is 0 Å². The molecule has 132 valence electrons. The fraction of sp³-hybridized carbons (Fsp3) is 0.611. The lowest BCUT2D eigenvalue weighted by Gasteiger charge is -2.48.